The molecule has 0 spiro atoms. The van der Waals surface area contributed by atoms with Gasteiger partial charge in [0.15, 0.2) is 8.32 Å². The van der Waals surface area contributed by atoms with Crippen LogP contribution in [0.4, 0.5) is 0 Å². The minimum absolute atomic E-state index is 1.66. The van der Waals surface area contributed by atoms with E-state index in [9.17, 15) is 0 Å². The van der Waals surface area contributed by atoms with E-state index >= 15 is 0 Å². The monoisotopic (exact) mass is 420 g/mol. The second-order valence-electron chi connectivity index (χ2n) is 8.19. The van der Waals surface area contributed by atoms with Crippen LogP contribution >= 0.6 is 0 Å². The predicted octanol–water partition coefficient (Wildman–Crippen LogP) is 5.11. The van der Waals surface area contributed by atoms with Gasteiger partial charge in [0.05, 0.1) is 0 Å². The van der Waals surface area contributed by atoms with E-state index in [2.05, 4.69) is 65.6 Å². The Bertz CT molecular complexity index is 447. The summed E-state index contributed by atoms with van der Waals surface area (Å²) >= 11 is 0. The fourth-order valence-electron chi connectivity index (χ4n) is 2.78. The molecule has 0 aliphatic carbocycles. The van der Waals surface area contributed by atoms with Crippen molar-refractivity contribution in [1.29, 1.82) is 0 Å². The van der Waals surface area contributed by atoms with Gasteiger partial charge in [0.1, 0.15) is 0 Å². The molecule has 0 fully saturated rings. The van der Waals surface area contributed by atoms with Crippen LogP contribution in [-0.4, -0.2) is 42.3 Å². The van der Waals surface area contributed by atoms with Gasteiger partial charge in [-0.1, -0.05) is 17.1 Å². The van der Waals surface area contributed by atoms with Crippen LogP contribution in [-0.2, 0) is 16.5 Å². The van der Waals surface area contributed by atoms with E-state index in [0.717, 1.165) is 0 Å². The molecule has 0 N–H and O–H groups in total. The van der Waals surface area contributed by atoms with Gasteiger partial charge in [0, 0.05) is 0 Å². The molecule has 0 aliphatic heterocycles. The van der Waals surface area contributed by atoms with E-state index in [1.54, 1.807) is 0 Å². The van der Waals surface area contributed by atoms with Crippen molar-refractivity contribution in [1.82, 2.24) is 0 Å². The van der Waals surface area contributed by atoms with Crippen LogP contribution in [0.1, 0.15) is 0 Å². The van der Waals surface area contributed by atoms with Crippen molar-refractivity contribution in [2.45, 2.75) is 58.9 Å². The highest BCUT2D eigenvalue weighted by Crippen LogP contribution is 2.26. The molecule has 0 atom stereocenters. The largest absolute Gasteiger partial charge is 0.437 e. The van der Waals surface area contributed by atoms with E-state index in [1.165, 1.54) is 0 Å². The highest BCUT2D eigenvalue weighted by atomic mass is 28.5. The maximum atomic E-state index is 6.43. The van der Waals surface area contributed by atoms with Gasteiger partial charge in [-0.15, -0.1) is 19.7 Å². The first-order chi connectivity index (χ1) is 10.5. The van der Waals surface area contributed by atoms with Gasteiger partial charge in [0.2, 0.25) is 0 Å². The topological polar surface area (TPSA) is 36.9 Å². The summed E-state index contributed by atoms with van der Waals surface area (Å²) in [6, 6.07) is 0. The maximum Gasteiger partial charge on any atom is 0.314 e. The molecule has 0 saturated carbocycles. The first-order valence-electron chi connectivity index (χ1n) is 8.22. The minimum atomic E-state index is -2.43. The second-order valence-corrected chi connectivity index (χ2v) is 27.0. The fourth-order valence-corrected chi connectivity index (χ4v) is 24.7. The molecule has 0 aliphatic rings. The Kier molecular flexibility index (Phi) is 8.28. The molecule has 0 heterocycles. The highest BCUT2D eigenvalue weighted by Gasteiger charge is 2.45. The number of hydrogen-bond donors (Lipinski definition) is 0. The SMILES string of the molecule is C=C[Si](C=C)(C=C)O[Si](C)(C)O[Si](C)(C)O[Si](C)(C)O[Si](C)(C)C. The normalized spacial score (nSPS) is 14.4. The Morgan fingerprint density at radius 2 is 0.792 bits per heavy atom. The molecule has 0 aromatic rings. The Morgan fingerprint density at radius 3 is 1.08 bits per heavy atom. The van der Waals surface area contributed by atoms with Gasteiger partial charge in [-0.2, -0.15) is 0 Å². The molecule has 0 amide bonds. The summed E-state index contributed by atoms with van der Waals surface area (Å²) in [4.78, 5) is 0. The summed E-state index contributed by atoms with van der Waals surface area (Å²) in [5.41, 5.74) is 5.48. The van der Waals surface area contributed by atoms with Crippen molar-refractivity contribution >= 4 is 42.3 Å². The highest BCUT2D eigenvalue weighted by molar-refractivity contribution is 6.95. The standard InChI is InChI=1S/C15H36O4Si5/c1-13-24(14-2,15-3)19-23(11,12)18-22(9,10)17-21(7,8)16-20(4,5)6/h13-15H,1-3H2,4-12H3. The Hall–Kier alpha value is 0.144. The summed E-state index contributed by atoms with van der Waals surface area (Å²) in [5.74, 6) is 0. The smallest absolute Gasteiger partial charge is 0.314 e. The summed E-state index contributed by atoms with van der Waals surface area (Å²) in [6.07, 6.45) is 0. The zero-order chi connectivity index (χ0) is 19.4. The van der Waals surface area contributed by atoms with Gasteiger partial charge in [-0.25, -0.2) is 0 Å². The summed E-state index contributed by atoms with van der Waals surface area (Å²) in [6.45, 7) is 30.6. The molecular weight excluding hydrogens is 385 g/mol. The van der Waals surface area contributed by atoms with E-state index < -0.39 is 42.3 Å². The van der Waals surface area contributed by atoms with Gasteiger partial charge < -0.3 is 16.5 Å². The average Bonchev–Trinajstić information content (AvgIpc) is 2.29. The third kappa shape index (κ3) is 9.01. The number of rotatable bonds is 11. The molecule has 0 aromatic carbocycles. The van der Waals surface area contributed by atoms with Gasteiger partial charge in [-0.3, -0.25) is 0 Å². The van der Waals surface area contributed by atoms with Gasteiger partial charge in [-0.05, 0) is 58.9 Å². The molecular formula is C15H36O4Si5. The average molecular weight is 421 g/mol. The molecule has 0 aromatic heterocycles. The molecule has 140 valence electrons. The molecule has 0 unspecified atom stereocenters. The summed E-state index contributed by atoms with van der Waals surface area (Å²) in [5, 5.41) is 0. The Morgan fingerprint density at radius 1 is 0.500 bits per heavy atom. The van der Waals surface area contributed by atoms with Crippen LogP contribution in [0.25, 0.3) is 0 Å². The Labute approximate surface area is 154 Å². The molecule has 9 heteroatoms. The van der Waals surface area contributed by atoms with Gasteiger partial charge >= 0.3 is 25.7 Å². The lowest BCUT2D eigenvalue weighted by Crippen LogP contribution is -2.58. The lowest BCUT2D eigenvalue weighted by atomic mass is 11.2. The van der Waals surface area contributed by atoms with E-state index in [1.807, 2.05) is 30.2 Å². The van der Waals surface area contributed by atoms with Crippen LogP contribution in [0.5, 0.6) is 0 Å². The summed E-state index contributed by atoms with van der Waals surface area (Å²) in [7, 11) is -11.1. The summed E-state index contributed by atoms with van der Waals surface area (Å²) < 4.78 is 25.5. The van der Waals surface area contributed by atoms with Crippen LogP contribution < -0.4 is 0 Å². The minimum Gasteiger partial charge on any atom is -0.437 e. The van der Waals surface area contributed by atoms with Crippen molar-refractivity contribution in [2.24, 2.45) is 0 Å². The van der Waals surface area contributed by atoms with E-state index in [-0.39, 0.29) is 0 Å². The zero-order valence-electron chi connectivity index (χ0n) is 17.0. The van der Waals surface area contributed by atoms with Crippen LogP contribution in [0.2, 0.25) is 58.9 Å². The van der Waals surface area contributed by atoms with E-state index in [4.69, 9.17) is 16.5 Å². The molecule has 0 radical (unpaired) electrons. The second kappa shape index (κ2) is 8.23. The predicted molar refractivity (Wildman–Crippen MR) is 116 cm³/mol. The lowest BCUT2D eigenvalue weighted by molar-refractivity contribution is 0.301. The first-order valence-corrected chi connectivity index (χ1v) is 22.2. The fraction of sp³-hybridized carbons (Fsp3) is 0.600. The van der Waals surface area contributed by atoms with Crippen molar-refractivity contribution in [3.8, 4) is 0 Å². The van der Waals surface area contributed by atoms with Crippen LogP contribution in [0.15, 0.2) is 36.8 Å². The van der Waals surface area contributed by atoms with Crippen LogP contribution in [0.3, 0.4) is 0 Å². The quantitative estimate of drug-likeness (QED) is 0.435. The van der Waals surface area contributed by atoms with Crippen molar-refractivity contribution < 1.29 is 16.5 Å². The third-order valence-corrected chi connectivity index (χ3v) is 20.5. The number of hydrogen-bond acceptors (Lipinski definition) is 4. The van der Waals surface area contributed by atoms with Crippen molar-refractivity contribution in [2.75, 3.05) is 0 Å². The van der Waals surface area contributed by atoms with Crippen molar-refractivity contribution in [3.63, 3.8) is 0 Å². The molecule has 0 saturated heterocycles. The first kappa shape index (κ1) is 24.1. The zero-order valence-corrected chi connectivity index (χ0v) is 22.0. The molecule has 0 rings (SSSR count). The molecule has 0 bridgehead atoms. The third-order valence-electron chi connectivity index (χ3n) is 2.91. The molecule has 4 nitrogen and oxygen atoms in total. The van der Waals surface area contributed by atoms with Crippen molar-refractivity contribution in [3.05, 3.63) is 36.8 Å². The van der Waals surface area contributed by atoms with Gasteiger partial charge in [0.25, 0.3) is 8.32 Å². The van der Waals surface area contributed by atoms with Crippen LogP contribution in [0, 0.1) is 0 Å². The van der Waals surface area contributed by atoms with E-state index in [0.29, 0.717) is 0 Å². The Balaban J connectivity index is 5.16. The molecule has 24 heavy (non-hydrogen) atoms. The lowest BCUT2D eigenvalue weighted by Gasteiger charge is -2.41. The maximum absolute atomic E-state index is 6.43.